The summed E-state index contributed by atoms with van der Waals surface area (Å²) in [5.74, 6) is 0.968. The van der Waals surface area contributed by atoms with Crippen molar-refractivity contribution in [3.63, 3.8) is 0 Å². The topological polar surface area (TPSA) is 61.8 Å². The molecule has 4 fully saturated rings. The number of rotatable bonds is 9. The highest BCUT2D eigenvalue weighted by molar-refractivity contribution is 5.87. The van der Waals surface area contributed by atoms with Crippen molar-refractivity contribution >= 4 is 11.9 Å². The summed E-state index contributed by atoms with van der Waals surface area (Å²) in [5.41, 5.74) is -0.937. The molecule has 6 rings (SSSR count). The zero-order valence-corrected chi connectivity index (χ0v) is 24.1. The van der Waals surface area contributed by atoms with Crippen LogP contribution in [0.2, 0.25) is 0 Å². The Kier molecular flexibility index (Phi) is 7.16. The first-order valence-electron chi connectivity index (χ1n) is 13.1. The summed E-state index contributed by atoms with van der Waals surface area (Å²) < 4.78 is 20.7. The van der Waals surface area contributed by atoms with E-state index in [1.807, 2.05) is 32.0 Å². The van der Waals surface area contributed by atoms with Crippen molar-refractivity contribution in [3.8, 4) is 5.75 Å². The lowest BCUT2D eigenvalue weighted by Crippen LogP contribution is -3.61. The number of carbonyl (C=O) groups is 2. The molecule has 196 valence electrons. The van der Waals surface area contributed by atoms with Gasteiger partial charge in [-0.3, -0.25) is 0 Å². The molecular weight excluding hydrogens is 579 g/mol. The second kappa shape index (κ2) is 10.1. The van der Waals surface area contributed by atoms with E-state index in [-0.39, 0.29) is 45.2 Å². The van der Waals surface area contributed by atoms with Gasteiger partial charge in [0, 0.05) is 11.0 Å². The third-order valence-corrected chi connectivity index (χ3v) is 11.1. The van der Waals surface area contributed by atoms with Crippen molar-refractivity contribution in [2.75, 3.05) is 6.61 Å². The molecule has 4 aliphatic rings. The summed E-state index contributed by atoms with van der Waals surface area (Å²) in [5, 5.41) is 0. The smallest absolute Gasteiger partial charge is 0.357 e. The lowest BCUT2D eigenvalue weighted by Gasteiger charge is -2.64. The van der Waals surface area contributed by atoms with Gasteiger partial charge in [0.2, 0.25) is 0 Å². The van der Waals surface area contributed by atoms with Gasteiger partial charge in [-0.25, -0.2) is 9.59 Å². The first-order chi connectivity index (χ1) is 17.6. The molecule has 2 unspecified atom stereocenters. The SMILES string of the molecule is C=C(C)C(=O)OC(C)(C)C12CC3CC(CC(OC(=O)COc4ccc([I+]c5ccccc5)cc4)(C3)C1)C2. The van der Waals surface area contributed by atoms with Crippen molar-refractivity contribution in [1.29, 1.82) is 0 Å². The molecule has 4 saturated carbocycles. The molecule has 0 aliphatic heterocycles. The molecule has 37 heavy (non-hydrogen) atoms. The van der Waals surface area contributed by atoms with Gasteiger partial charge in [0.1, 0.15) is 17.0 Å². The van der Waals surface area contributed by atoms with E-state index in [2.05, 4.69) is 43.0 Å². The summed E-state index contributed by atoms with van der Waals surface area (Å²) in [4.78, 5) is 25.4. The van der Waals surface area contributed by atoms with Crippen LogP contribution in [-0.2, 0) is 19.1 Å². The number of halogens is 1. The van der Waals surface area contributed by atoms with Crippen molar-refractivity contribution in [2.45, 2.75) is 70.5 Å². The third kappa shape index (κ3) is 5.59. The molecule has 2 aromatic carbocycles. The van der Waals surface area contributed by atoms with E-state index in [4.69, 9.17) is 14.2 Å². The maximum atomic E-state index is 13.0. The fourth-order valence-electron chi connectivity index (χ4n) is 7.04. The minimum Gasteiger partial charge on any atom is -0.482 e. The third-order valence-electron chi connectivity index (χ3n) is 8.43. The molecule has 2 aromatic rings. The second-order valence-electron chi connectivity index (χ2n) is 11.7. The first kappa shape index (κ1) is 26.3. The molecule has 2 atom stereocenters. The molecule has 0 amide bonds. The Morgan fingerprint density at radius 2 is 1.59 bits per heavy atom. The van der Waals surface area contributed by atoms with Crippen LogP contribution < -0.4 is 25.9 Å². The number of benzene rings is 2. The van der Waals surface area contributed by atoms with Gasteiger partial charge in [-0.2, -0.15) is 0 Å². The Labute approximate surface area is 230 Å². The van der Waals surface area contributed by atoms with Crippen LogP contribution in [0.25, 0.3) is 0 Å². The number of ether oxygens (including phenoxy) is 3. The monoisotopic (exact) mass is 615 g/mol. The highest BCUT2D eigenvalue weighted by Crippen LogP contribution is 2.66. The van der Waals surface area contributed by atoms with Gasteiger partial charge < -0.3 is 14.2 Å². The van der Waals surface area contributed by atoms with Gasteiger partial charge in [-0.05, 0) is 108 Å². The predicted molar refractivity (Wildman–Crippen MR) is 137 cm³/mol. The van der Waals surface area contributed by atoms with E-state index in [0.29, 0.717) is 23.2 Å². The Morgan fingerprint density at radius 3 is 2.22 bits per heavy atom. The van der Waals surface area contributed by atoms with Crippen LogP contribution in [0.1, 0.15) is 59.3 Å². The fourth-order valence-corrected chi connectivity index (χ4v) is 9.25. The van der Waals surface area contributed by atoms with Crippen LogP contribution in [0.3, 0.4) is 0 Å². The summed E-state index contributed by atoms with van der Waals surface area (Å²) in [6.07, 6.45) is 5.69. The molecule has 5 nitrogen and oxygen atoms in total. The number of esters is 2. The van der Waals surface area contributed by atoms with E-state index >= 15 is 0 Å². The Balaban J connectivity index is 1.21. The molecule has 6 heteroatoms. The van der Waals surface area contributed by atoms with E-state index in [0.717, 1.165) is 32.1 Å². The number of carbonyl (C=O) groups excluding carboxylic acids is 2. The zero-order valence-electron chi connectivity index (χ0n) is 21.9. The van der Waals surface area contributed by atoms with Crippen LogP contribution in [-0.4, -0.2) is 29.7 Å². The fraction of sp³-hybridized carbons (Fsp3) is 0.484. The van der Waals surface area contributed by atoms with Crippen molar-refractivity contribution in [3.05, 3.63) is 73.9 Å². The van der Waals surface area contributed by atoms with Crippen molar-refractivity contribution < 1.29 is 45.0 Å². The van der Waals surface area contributed by atoms with Crippen LogP contribution in [0.5, 0.6) is 5.75 Å². The van der Waals surface area contributed by atoms with E-state index < -0.39 is 11.2 Å². The minimum atomic E-state index is -0.654. The standard InChI is InChI=1S/C31H36IO5/c1-21(2)28(34)37-29(3,4)30-15-22-14-23(16-30)18-31(17-22,20-30)36-27(33)19-35-26-12-10-25(11-13-26)32-24-8-6-5-7-9-24/h5-13,22-23H,1,14-20H2,2-4H3/q+1. The second-order valence-corrected chi connectivity index (χ2v) is 14.7. The molecular formula is C31H36IO5+. The maximum absolute atomic E-state index is 13.0. The Bertz CT molecular complexity index is 1160. The minimum absolute atomic E-state index is 0.106. The average Bonchev–Trinajstić information content (AvgIpc) is 2.83. The van der Waals surface area contributed by atoms with Gasteiger partial charge in [-0.15, -0.1) is 0 Å². The summed E-state index contributed by atoms with van der Waals surface area (Å²) in [7, 11) is 0. The van der Waals surface area contributed by atoms with Crippen LogP contribution >= 0.6 is 0 Å². The molecule has 0 saturated heterocycles. The van der Waals surface area contributed by atoms with E-state index in [1.54, 1.807) is 6.92 Å². The van der Waals surface area contributed by atoms with Gasteiger partial charge in [0.25, 0.3) is 0 Å². The molecule has 0 heterocycles. The van der Waals surface area contributed by atoms with Crippen molar-refractivity contribution in [1.82, 2.24) is 0 Å². The highest BCUT2D eigenvalue weighted by atomic mass is 127. The lowest BCUT2D eigenvalue weighted by molar-refractivity contribution is -0.597. The molecule has 0 N–H and O–H groups in total. The molecule has 0 radical (unpaired) electrons. The molecule has 4 aliphatic carbocycles. The summed E-state index contributed by atoms with van der Waals surface area (Å²) in [6, 6.07) is 18.5. The van der Waals surface area contributed by atoms with Gasteiger partial charge in [0.05, 0.1) is 0 Å². The summed E-state index contributed by atoms with van der Waals surface area (Å²) >= 11 is -0.235. The Hall–Kier alpha value is -2.35. The highest BCUT2D eigenvalue weighted by Gasteiger charge is 2.65. The molecule has 0 spiro atoms. The van der Waals surface area contributed by atoms with Crippen LogP contribution in [0.15, 0.2) is 66.7 Å². The van der Waals surface area contributed by atoms with Gasteiger partial charge in [0.15, 0.2) is 13.7 Å². The maximum Gasteiger partial charge on any atom is 0.357 e. The molecule has 4 bridgehead atoms. The number of hydrogen-bond acceptors (Lipinski definition) is 5. The normalized spacial score (nSPS) is 28.0. The average molecular weight is 616 g/mol. The van der Waals surface area contributed by atoms with E-state index in [1.165, 1.54) is 13.6 Å². The van der Waals surface area contributed by atoms with Crippen LogP contribution in [0.4, 0.5) is 0 Å². The summed E-state index contributed by atoms with van der Waals surface area (Å²) in [6.45, 7) is 9.36. The largest absolute Gasteiger partial charge is 0.482 e. The predicted octanol–water partition coefficient (Wildman–Crippen LogP) is 2.97. The van der Waals surface area contributed by atoms with E-state index in [9.17, 15) is 9.59 Å². The zero-order chi connectivity index (χ0) is 26.3. The first-order valence-corrected chi connectivity index (χ1v) is 15.3. The molecule has 0 aromatic heterocycles. The van der Waals surface area contributed by atoms with Crippen LogP contribution in [0, 0.1) is 24.4 Å². The lowest BCUT2D eigenvalue weighted by atomic mass is 9.44. The quantitative estimate of drug-likeness (QED) is 0.247. The van der Waals surface area contributed by atoms with Gasteiger partial charge >= 0.3 is 33.1 Å². The number of hydrogen-bond donors (Lipinski definition) is 0. The van der Waals surface area contributed by atoms with Gasteiger partial charge in [-0.1, -0.05) is 24.8 Å². The Morgan fingerprint density at radius 1 is 0.973 bits per heavy atom. The van der Waals surface area contributed by atoms with Crippen molar-refractivity contribution in [2.24, 2.45) is 17.3 Å².